The lowest BCUT2D eigenvalue weighted by Crippen LogP contribution is -2.55. The van der Waals surface area contributed by atoms with Crippen molar-refractivity contribution in [3.63, 3.8) is 0 Å². The molecule has 1 saturated carbocycles. The Bertz CT molecular complexity index is 1300. The number of hydrogen-bond acceptors (Lipinski definition) is 6. The zero-order valence-corrected chi connectivity index (χ0v) is 21.9. The number of carbonyl (C=O) groups is 1. The van der Waals surface area contributed by atoms with E-state index in [1.54, 1.807) is 0 Å². The Kier molecular flexibility index (Phi) is 6.96. The van der Waals surface area contributed by atoms with Gasteiger partial charge in [-0.25, -0.2) is 0 Å². The molecule has 7 heteroatoms. The highest BCUT2D eigenvalue weighted by Crippen LogP contribution is 2.35. The molecule has 6 rings (SSSR count). The summed E-state index contributed by atoms with van der Waals surface area (Å²) in [7, 11) is 0. The van der Waals surface area contributed by atoms with E-state index in [1.165, 1.54) is 29.9 Å². The van der Waals surface area contributed by atoms with E-state index < -0.39 is 0 Å². The van der Waals surface area contributed by atoms with E-state index in [0.717, 1.165) is 73.3 Å². The van der Waals surface area contributed by atoms with Crippen LogP contribution < -0.4 is 16.0 Å². The van der Waals surface area contributed by atoms with Gasteiger partial charge in [0.15, 0.2) is 0 Å². The molecule has 3 aliphatic heterocycles. The first-order valence-electron chi connectivity index (χ1n) is 13.4. The Morgan fingerprint density at radius 2 is 2.00 bits per heavy atom. The van der Waals surface area contributed by atoms with Crippen molar-refractivity contribution < 1.29 is 9.21 Å². The van der Waals surface area contributed by atoms with E-state index in [2.05, 4.69) is 50.4 Å². The lowest BCUT2D eigenvalue weighted by Gasteiger charge is -2.43. The third-order valence-corrected chi connectivity index (χ3v) is 9.17. The molecule has 0 bridgehead atoms. The molecule has 1 atom stereocenters. The summed E-state index contributed by atoms with van der Waals surface area (Å²) in [6.45, 7) is 8.18. The number of hydrogen-bond donors (Lipinski definition) is 1. The normalized spacial score (nSPS) is 25.1. The molecule has 190 valence electrons. The number of nitrogens with one attached hydrogen (secondary N) is 1. The van der Waals surface area contributed by atoms with Crippen molar-refractivity contribution in [2.45, 2.75) is 44.0 Å². The molecule has 2 fully saturated rings. The maximum absolute atomic E-state index is 13.0. The molecule has 1 saturated heterocycles. The predicted octanol–water partition coefficient (Wildman–Crippen LogP) is 2.85. The van der Waals surface area contributed by atoms with Crippen LogP contribution >= 0.6 is 11.8 Å². The first-order chi connectivity index (χ1) is 17.7. The van der Waals surface area contributed by atoms with Crippen molar-refractivity contribution in [1.29, 1.82) is 0 Å². The van der Waals surface area contributed by atoms with Crippen molar-refractivity contribution in [3.8, 4) is 0 Å². The number of carbonyl (C=O) groups excluding carboxylic acids is 1. The first kappa shape index (κ1) is 23.9. The highest BCUT2D eigenvalue weighted by molar-refractivity contribution is 8.04. The summed E-state index contributed by atoms with van der Waals surface area (Å²) >= 11 is 1.86. The molecule has 36 heavy (non-hydrogen) atoms. The van der Waals surface area contributed by atoms with E-state index in [-0.39, 0.29) is 11.3 Å². The number of benzene rings is 1. The van der Waals surface area contributed by atoms with Crippen LogP contribution in [-0.4, -0.2) is 77.8 Å². The van der Waals surface area contributed by atoms with Gasteiger partial charge in [0.25, 0.3) is 0 Å². The second-order valence-electron chi connectivity index (χ2n) is 10.3. The van der Waals surface area contributed by atoms with Crippen molar-refractivity contribution in [1.82, 2.24) is 20.0 Å². The predicted molar refractivity (Wildman–Crippen MR) is 148 cm³/mol. The standard InChI is InChI=1S/C29H36N4O2S/c1-2-3-9-23-22-10-4-5-11-25(22)35-26(23)18-28-30-24-12-13-31(19-27(24)36-28)20-29(34)33-16-14-32(15-17-33)21-7-6-8-21/h2-5,9-11,18,21,28,30H,6-8,12-17,19-20H2,1H3/b3-2-,23-9-,26-18-. The van der Waals surface area contributed by atoms with Crippen LogP contribution in [0.1, 0.15) is 32.6 Å². The van der Waals surface area contributed by atoms with Crippen molar-refractivity contribution >= 4 is 40.8 Å². The Balaban J connectivity index is 1.08. The second kappa shape index (κ2) is 10.5. The minimum atomic E-state index is 0.142. The van der Waals surface area contributed by atoms with Crippen molar-refractivity contribution in [2.24, 2.45) is 0 Å². The van der Waals surface area contributed by atoms with Gasteiger partial charge in [0.1, 0.15) is 11.0 Å². The first-order valence-corrected chi connectivity index (χ1v) is 14.3. The average Bonchev–Trinajstić information content (AvgIpc) is 3.42. The van der Waals surface area contributed by atoms with Gasteiger partial charge in [0.2, 0.25) is 5.91 Å². The summed E-state index contributed by atoms with van der Waals surface area (Å²) < 4.78 is 6.23. The second-order valence-corrected chi connectivity index (χ2v) is 11.5. The Hall–Kier alpha value is -2.48. The van der Waals surface area contributed by atoms with Crippen LogP contribution in [0.25, 0.3) is 23.1 Å². The zero-order valence-electron chi connectivity index (χ0n) is 21.1. The summed E-state index contributed by atoms with van der Waals surface area (Å²) in [5.41, 5.74) is 3.15. The summed E-state index contributed by atoms with van der Waals surface area (Å²) in [5, 5.41) is 6.11. The van der Waals surface area contributed by atoms with Gasteiger partial charge in [-0.15, -0.1) is 0 Å². The number of amides is 1. The number of piperazine rings is 1. The average molecular weight is 505 g/mol. The smallest absolute Gasteiger partial charge is 0.236 e. The van der Waals surface area contributed by atoms with Crippen LogP contribution in [0.5, 0.6) is 0 Å². The molecule has 1 unspecified atom stereocenters. The number of fused-ring (bicyclic) bond motifs is 1. The van der Waals surface area contributed by atoms with E-state index in [9.17, 15) is 4.79 Å². The maximum Gasteiger partial charge on any atom is 0.236 e. The molecule has 1 amide bonds. The minimum absolute atomic E-state index is 0.142. The van der Waals surface area contributed by atoms with Crippen LogP contribution in [0.3, 0.4) is 0 Å². The highest BCUT2D eigenvalue weighted by Gasteiger charge is 2.32. The Morgan fingerprint density at radius 1 is 1.17 bits per heavy atom. The van der Waals surface area contributed by atoms with Gasteiger partial charge in [-0.05, 0) is 31.9 Å². The molecule has 4 heterocycles. The fraction of sp³-hybridized carbons (Fsp3) is 0.483. The molecule has 1 N–H and O–H groups in total. The van der Waals surface area contributed by atoms with E-state index in [0.29, 0.717) is 6.54 Å². The Morgan fingerprint density at radius 3 is 2.78 bits per heavy atom. The lowest BCUT2D eigenvalue weighted by atomic mass is 9.91. The summed E-state index contributed by atoms with van der Waals surface area (Å²) in [6, 6.07) is 9.00. The molecular formula is C29H36N4O2S. The third kappa shape index (κ3) is 4.89. The summed E-state index contributed by atoms with van der Waals surface area (Å²) in [6.07, 6.45) is 13.5. The largest absolute Gasteiger partial charge is 0.456 e. The zero-order chi connectivity index (χ0) is 24.5. The minimum Gasteiger partial charge on any atom is -0.456 e. The van der Waals surface area contributed by atoms with Crippen LogP contribution in [0.2, 0.25) is 0 Å². The third-order valence-electron chi connectivity index (χ3n) is 8.01. The van der Waals surface area contributed by atoms with Crippen LogP contribution in [0, 0.1) is 0 Å². The monoisotopic (exact) mass is 504 g/mol. The van der Waals surface area contributed by atoms with Gasteiger partial charge < -0.3 is 14.6 Å². The van der Waals surface area contributed by atoms with Gasteiger partial charge in [0, 0.05) is 72.9 Å². The molecule has 0 radical (unpaired) electrons. The molecule has 6 nitrogen and oxygen atoms in total. The molecule has 1 aromatic carbocycles. The van der Waals surface area contributed by atoms with Crippen molar-refractivity contribution in [3.05, 3.63) is 57.7 Å². The number of para-hydroxylation sites is 1. The quantitative estimate of drug-likeness (QED) is 0.676. The van der Waals surface area contributed by atoms with Gasteiger partial charge in [-0.1, -0.05) is 54.6 Å². The van der Waals surface area contributed by atoms with E-state index >= 15 is 0 Å². The molecule has 4 aliphatic rings. The topological polar surface area (TPSA) is 52.0 Å². The fourth-order valence-electron chi connectivity index (χ4n) is 5.70. The van der Waals surface area contributed by atoms with Gasteiger partial charge >= 0.3 is 0 Å². The van der Waals surface area contributed by atoms with Crippen molar-refractivity contribution in [2.75, 3.05) is 45.8 Å². The van der Waals surface area contributed by atoms with Gasteiger partial charge in [-0.2, -0.15) is 0 Å². The number of thioether (sulfide) groups is 1. The lowest BCUT2D eigenvalue weighted by molar-refractivity contribution is -0.134. The van der Waals surface area contributed by atoms with E-state index in [1.807, 2.05) is 36.9 Å². The van der Waals surface area contributed by atoms with E-state index in [4.69, 9.17) is 4.42 Å². The fourth-order valence-corrected chi connectivity index (χ4v) is 6.96. The SMILES string of the molecule is C\C=C/C=c1\c(=C\C2NC3=C(CN(CC(=O)N4CCN(C5CCC5)CC4)CC3)S2)oc2ccccc12. The number of nitrogens with zero attached hydrogens (tertiary/aromatic N) is 3. The highest BCUT2D eigenvalue weighted by atomic mass is 32.2. The summed E-state index contributed by atoms with van der Waals surface area (Å²) in [4.78, 5) is 21.4. The van der Waals surface area contributed by atoms with Crippen LogP contribution in [0.4, 0.5) is 0 Å². The Labute approximate surface area is 217 Å². The number of furan rings is 1. The molecular weight excluding hydrogens is 468 g/mol. The molecule has 2 aromatic rings. The molecule has 0 spiro atoms. The van der Waals surface area contributed by atoms with Crippen LogP contribution in [0.15, 0.2) is 51.4 Å². The molecule has 1 aromatic heterocycles. The maximum atomic E-state index is 13.0. The molecule has 1 aliphatic carbocycles. The van der Waals surface area contributed by atoms with Crippen LogP contribution in [-0.2, 0) is 4.79 Å². The van der Waals surface area contributed by atoms with Gasteiger partial charge in [0.05, 0.1) is 11.9 Å². The number of allylic oxidation sites excluding steroid dienone is 2. The van der Waals surface area contributed by atoms with Gasteiger partial charge in [-0.3, -0.25) is 14.6 Å². The summed E-state index contributed by atoms with van der Waals surface area (Å²) in [5.74, 6) is 0.290. The number of rotatable bonds is 5.